The first-order valence-electron chi connectivity index (χ1n) is 5.14. The minimum Gasteiger partial charge on any atom is -0.490 e. The molecule has 0 N–H and O–H groups in total. The maximum atomic E-state index is 13.4. The van der Waals surface area contributed by atoms with Crippen molar-refractivity contribution in [1.82, 2.24) is 0 Å². The van der Waals surface area contributed by atoms with Crippen LogP contribution in [0.1, 0.15) is 12.8 Å². The lowest BCUT2D eigenvalue weighted by Gasteiger charge is -2.10. The van der Waals surface area contributed by atoms with Crippen molar-refractivity contribution in [2.75, 3.05) is 6.61 Å². The molecule has 0 radical (unpaired) electrons. The molecule has 0 aliphatic rings. The first-order chi connectivity index (χ1) is 9.02. The van der Waals surface area contributed by atoms with Gasteiger partial charge in [0, 0.05) is 17.1 Å². The van der Waals surface area contributed by atoms with Gasteiger partial charge in [-0.05, 0) is 18.6 Å². The fourth-order valence-corrected chi connectivity index (χ4v) is 2.16. The van der Waals surface area contributed by atoms with E-state index in [-0.39, 0.29) is 0 Å². The Morgan fingerprint density at radius 3 is 2.25 bits per heavy atom. The molecule has 3 nitrogen and oxygen atoms in total. The maximum Gasteiger partial charge on any atom is 0.389 e. The molecule has 10 heteroatoms. The van der Waals surface area contributed by atoms with E-state index in [9.17, 15) is 30.4 Å². The summed E-state index contributed by atoms with van der Waals surface area (Å²) in [5, 5.41) is 0. The lowest BCUT2D eigenvalue weighted by Crippen LogP contribution is -2.10. The molecule has 1 aromatic carbocycles. The Hall–Kier alpha value is -1.09. The molecule has 0 fully saturated rings. The second kappa shape index (κ2) is 6.13. The lowest BCUT2D eigenvalue weighted by atomic mass is 10.3. The van der Waals surface area contributed by atoms with Crippen LogP contribution in [-0.2, 0) is 9.05 Å². The van der Waals surface area contributed by atoms with Crippen LogP contribution in [0.15, 0.2) is 17.0 Å². The molecule has 0 saturated heterocycles. The zero-order valence-electron chi connectivity index (χ0n) is 9.68. The highest BCUT2D eigenvalue weighted by atomic mass is 35.7. The summed E-state index contributed by atoms with van der Waals surface area (Å²) in [6.07, 6.45) is -5.95. The molecule has 0 aliphatic heterocycles. The van der Waals surface area contributed by atoms with Crippen molar-refractivity contribution in [3.05, 3.63) is 23.8 Å². The van der Waals surface area contributed by atoms with Gasteiger partial charge in [-0.15, -0.1) is 0 Å². The minimum absolute atomic E-state index is 0.444. The number of rotatable bonds is 5. The third-order valence-corrected chi connectivity index (χ3v) is 3.48. The van der Waals surface area contributed by atoms with Gasteiger partial charge in [0.25, 0.3) is 9.05 Å². The van der Waals surface area contributed by atoms with E-state index in [0.717, 1.165) is 6.07 Å². The molecule has 0 atom stereocenters. The topological polar surface area (TPSA) is 43.4 Å². The number of ether oxygens (including phenoxy) is 1. The summed E-state index contributed by atoms with van der Waals surface area (Å²) in [6, 6.07) is 1.45. The van der Waals surface area contributed by atoms with Crippen LogP contribution >= 0.6 is 10.7 Å². The molecular weight excluding hydrogens is 331 g/mol. The summed E-state index contributed by atoms with van der Waals surface area (Å²) in [4.78, 5) is -1.07. The summed E-state index contributed by atoms with van der Waals surface area (Å²) in [5.74, 6) is -4.05. The third-order valence-electron chi connectivity index (χ3n) is 2.14. The van der Waals surface area contributed by atoms with Crippen LogP contribution in [0, 0.1) is 11.6 Å². The number of hydrogen-bond acceptors (Lipinski definition) is 3. The maximum absolute atomic E-state index is 13.4. The lowest BCUT2D eigenvalue weighted by molar-refractivity contribution is -0.136. The smallest absolute Gasteiger partial charge is 0.389 e. The average Bonchev–Trinajstić information content (AvgIpc) is 2.26. The number of hydrogen-bond donors (Lipinski definition) is 0. The van der Waals surface area contributed by atoms with E-state index >= 15 is 0 Å². The molecule has 20 heavy (non-hydrogen) atoms. The van der Waals surface area contributed by atoms with E-state index in [1.807, 2.05) is 0 Å². The van der Waals surface area contributed by atoms with Crippen LogP contribution < -0.4 is 4.74 Å². The number of halogens is 6. The fourth-order valence-electron chi connectivity index (χ4n) is 1.27. The summed E-state index contributed by atoms with van der Waals surface area (Å²) >= 11 is 0. The Kier molecular flexibility index (Phi) is 5.20. The molecular formula is C10H8ClF5O3S. The van der Waals surface area contributed by atoms with E-state index in [2.05, 4.69) is 4.74 Å². The SMILES string of the molecule is O=S(=O)(Cl)c1ccc(OCCCC(F)(F)F)c(F)c1F. The van der Waals surface area contributed by atoms with Gasteiger partial charge in [0.15, 0.2) is 11.6 Å². The molecule has 114 valence electrons. The molecule has 1 rings (SSSR count). The van der Waals surface area contributed by atoms with Gasteiger partial charge in [-0.1, -0.05) is 0 Å². The average molecular weight is 339 g/mol. The van der Waals surface area contributed by atoms with Gasteiger partial charge in [0.1, 0.15) is 4.90 Å². The molecule has 0 spiro atoms. The van der Waals surface area contributed by atoms with E-state index in [1.165, 1.54) is 0 Å². The number of benzene rings is 1. The van der Waals surface area contributed by atoms with Crippen molar-refractivity contribution in [2.45, 2.75) is 23.9 Å². The molecule has 0 unspecified atom stereocenters. The third kappa shape index (κ3) is 4.78. The van der Waals surface area contributed by atoms with Crippen molar-refractivity contribution in [1.29, 1.82) is 0 Å². The van der Waals surface area contributed by atoms with Crippen molar-refractivity contribution in [2.24, 2.45) is 0 Å². The predicted molar refractivity (Wildman–Crippen MR) is 60.2 cm³/mol. The molecule has 0 heterocycles. The second-order valence-electron chi connectivity index (χ2n) is 3.69. The predicted octanol–water partition coefficient (Wildman–Crippen LogP) is 3.61. The van der Waals surface area contributed by atoms with Gasteiger partial charge in [-0.2, -0.15) is 17.6 Å². The first-order valence-corrected chi connectivity index (χ1v) is 7.45. The Balaban J connectivity index is 2.77. The molecule has 0 amide bonds. The second-order valence-corrected chi connectivity index (χ2v) is 6.23. The number of alkyl halides is 3. The largest absolute Gasteiger partial charge is 0.490 e. The van der Waals surface area contributed by atoms with Gasteiger partial charge in [0.05, 0.1) is 6.61 Å². The summed E-state index contributed by atoms with van der Waals surface area (Å²) in [7, 11) is 0.400. The summed E-state index contributed by atoms with van der Waals surface area (Å²) in [5.41, 5.74) is 0. The van der Waals surface area contributed by atoms with Crippen molar-refractivity contribution in [3.8, 4) is 5.75 Å². The summed E-state index contributed by atoms with van der Waals surface area (Å²) in [6.45, 7) is -0.497. The van der Waals surface area contributed by atoms with Crippen molar-refractivity contribution >= 4 is 19.7 Å². The van der Waals surface area contributed by atoms with Gasteiger partial charge in [-0.3, -0.25) is 0 Å². The van der Waals surface area contributed by atoms with Gasteiger partial charge >= 0.3 is 6.18 Å². The quantitative estimate of drug-likeness (QED) is 0.468. The Labute approximate surface area is 115 Å². The monoisotopic (exact) mass is 338 g/mol. The highest BCUT2D eigenvalue weighted by Gasteiger charge is 2.26. The molecule has 0 aliphatic carbocycles. The minimum atomic E-state index is -4.46. The standard InChI is InChI=1S/C10H8ClF5O3S/c11-20(17,18)7-3-2-6(8(12)9(7)13)19-5-1-4-10(14,15)16/h2-3H,1,4-5H2. The Morgan fingerprint density at radius 1 is 1.15 bits per heavy atom. The van der Waals surface area contributed by atoms with Gasteiger partial charge < -0.3 is 4.74 Å². The van der Waals surface area contributed by atoms with Crippen LogP contribution in [0.2, 0.25) is 0 Å². The van der Waals surface area contributed by atoms with E-state index in [1.54, 1.807) is 0 Å². The molecule has 0 bridgehead atoms. The first kappa shape index (κ1) is 17.0. The van der Waals surface area contributed by atoms with Crippen molar-refractivity contribution < 1.29 is 35.1 Å². The van der Waals surface area contributed by atoms with E-state index < -0.39 is 57.0 Å². The Morgan fingerprint density at radius 2 is 1.75 bits per heavy atom. The zero-order chi connectivity index (χ0) is 15.6. The summed E-state index contributed by atoms with van der Waals surface area (Å²) < 4.78 is 88.7. The normalized spacial score (nSPS) is 12.5. The van der Waals surface area contributed by atoms with Gasteiger partial charge in [-0.25, -0.2) is 12.8 Å². The van der Waals surface area contributed by atoms with Gasteiger partial charge in [0.2, 0.25) is 5.82 Å². The van der Waals surface area contributed by atoms with Crippen LogP contribution in [0.4, 0.5) is 22.0 Å². The van der Waals surface area contributed by atoms with E-state index in [0.29, 0.717) is 6.07 Å². The fraction of sp³-hybridized carbons (Fsp3) is 0.400. The van der Waals surface area contributed by atoms with Crippen LogP contribution in [0.3, 0.4) is 0 Å². The van der Waals surface area contributed by atoms with Crippen LogP contribution in [0.5, 0.6) is 5.75 Å². The highest BCUT2D eigenvalue weighted by Crippen LogP contribution is 2.28. The molecule has 1 aromatic rings. The zero-order valence-corrected chi connectivity index (χ0v) is 11.2. The van der Waals surface area contributed by atoms with Crippen LogP contribution in [0.25, 0.3) is 0 Å². The van der Waals surface area contributed by atoms with Crippen LogP contribution in [-0.4, -0.2) is 21.2 Å². The van der Waals surface area contributed by atoms with E-state index in [4.69, 9.17) is 10.7 Å². The highest BCUT2D eigenvalue weighted by molar-refractivity contribution is 8.13. The molecule has 0 aromatic heterocycles. The van der Waals surface area contributed by atoms with Crippen molar-refractivity contribution in [3.63, 3.8) is 0 Å². The Bertz CT molecular complexity index is 585. The molecule has 0 saturated carbocycles.